The second-order valence-electron chi connectivity index (χ2n) is 6.96. The first-order chi connectivity index (χ1) is 14.5. The number of hydrogen-bond donors (Lipinski definition) is 1. The quantitative estimate of drug-likeness (QED) is 0.331. The minimum absolute atomic E-state index is 0.349. The smallest absolute Gasteiger partial charge is 0.235 e. The normalized spacial score (nSPS) is 11.4. The number of benzene rings is 1. The molecule has 2 aromatic rings. The summed E-state index contributed by atoms with van der Waals surface area (Å²) in [6.07, 6.45) is 3.71. The molecular weight excluding hydrogens is 394 g/mol. The van der Waals surface area contributed by atoms with Gasteiger partial charge in [-0.25, -0.2) is 9.83 Å². The molecule has 0 radical (unpaired) electrons. The second-order valence-corrected chi connectivity index (χ2v) is 8.05. The van der Waals surface area contributed by atoms with E-state index < -0.39 is 11.2 Å². The number of anilines is 1. The number of primary amides is 1. The third-order valence-corrected chi connectivity index (χ3v) is 6.11. The lowest BCUT2D eigenvalue weighted by Crippen LogP contribution is -2.22. The van der Waals surface area contributed by atoms with Crippen LogP contribution in [0.1, 0.15) is 55.1 Å². The first-order valence-corrected chi connectivity index (χ1v) is 10.9. The molecular formula is C23H27N5OS. The van der Waals surface area contributed by atoms with E-state index in [1.807, 2.05) is 49.2 Å². The fraction of sp³-hybridized carbons (Fsp3) is 0.391. The SMILES string of the molecule is [C-]#[N+]c1c(N(C)CCCCC)nc(SC(C(N)=O)c2ccccc2)c(C#N)c1CC. The van der Waals surface area contributed by atoms with Crippen molar-refractivity contribution in [3.8, 4) is 6.07 Å². The van der Waals surface area contributed by atoms with Crippen LogP contribution in [0.15, 0.2) is 35.4 Å². The number of carbonyl (C=O) groups excluding carboxylic acids is 1. The van der Waals surface area contributed by atoms with E-state index in [1.54, 1.807) is 0 Å². The van der Waals surface area contributed by atoms with Gasteiger partial charge in [0.1, 0.15) is 22.2 Å². The maximum atomic E-state index is 12.2. The molecule has 6 nitrogen and oxygen atoms in total. The summed E-state index contributed by atoms with van der Waals surface area (Å²) in [5.41, 5.74) is 7.86. The molecule has 0 saturated carbocycles. The summed E-state index contributed by atoms with van der Waals surface area (Å²) in [5, 5.41) is 9.60. The lowest BCUT2D eigenvalue weighted by molar-refractivity contribution is -0.117. The summed E-state index contributed by atoms with van der Waals surface area (Å²) in [6, 6.07) is 11.4. The third-order valence-electron chi connectivity index (χ3n) is 4.85. The Morgan fingerprint density at radius 3 is 2.57 bits per heavy atom. The van der Waals surface area contributed by atoms with Gasteiger partial charge in [-0.15, -0.1) is 0 Å². The predicted octanol–water partition coefficient (Wildman–Crippen LogP) is 5.01. The molecule has 0 bridgehead atoms. The van der Waals surface area contributed by atoms with Crippen molar-refractivity contribution < 1.29 is 4.79 Å². The molecule has 1 unspecified atom stereocenters. The van der Waals surface area contributed by atoms with Crippen LogP contribution in [0.4, 0.5) is 11.5 Å². The minimum Gasteiger partial charge on any atom is -0.368 e. The van der Waals surface area contributed by atoms with Crippen LogP contribution in [0.3, 0.4) is 0 Å². The first kappa shape index (κ1) is 23.3. The predicted molar refractivity (Wildman–Crippen MR) is 122 cm³/mol. The van der Waals surface area contributed by atoms with Gasteiger partial charge in [0.25, 0.3) is 0 Å². The van der Waals surface area contributed by atoms with Crippen LogP contribution in [0, 0.1) is 17.9 Å². The average Bonchev–Trinajstić information content (AvgIpc) is 2.76. The van der Waals surface area contributed by atoms with Gasteiger partial charge in [0.15, 0.2) is 0 Å². The van der Waals surface area contributed by atoms with Crippen LogP contribution in [-0.2, 0) is 11.2 Å². The van der Waals surface area contributed by atoms with Crippen LogP contribution in [-0.4, -0.2) is 24.5 Å². The van der Waals surface area contributed by atoms with E-state index >= 15 is 0 Å². The number of carbonyl (C=O) groups is 1. The van der Waals surface area contributed by atoms with Crippen molar-refractivity contribution in [1.82, 2.24) is 4.98 Å². The number of unbranched alkanes of at least 4 members (excludes halogenated alkanes) is 2. The molecule has 1 aromatic heterocycles. The number of nitrogens with two attached hydrogens (primary N) is 1. The second kappa shape index (κ2) is 11.2. The Labute approximate surface area is 182 Å². The van der Waals surface area contributed by atoms with Crippen molar-refractivity contribution in [2.24, 2.45) is 5.73 Å². The molecule has 0 aliphatic carbocycles. The van der Waals surface area contributed by atoms with Gasteiger partial charge in [-0.2, -0.15) is 5.26 Å². The lowest BCUT2D eigenvalue weighted by Gasteiger charge is -2.23. The molecule has 30 heavy (non-hydrogen) atoms. The number of pyridine rings is 1. The third kappa shape index (κ3) is 5.31. The van der Waals surface area contributed by atoms with Crippen LogP contribution in [0.25, 0.3) is 4.85 Å². The Morgan fingerprint density at radius 2 is 2.03 bits per heavy atom. The van der Waals surface area contributed by atoms with Gasteiger partial charge in [0.2, 0.25) is 11.6 Å². The summed E-state index contributed by atoms with van der Waals surface area (Å²) in [4.78, 5) is 22.6. The number of hydrogen-bond acceptors (Lipinski definition) is 5. The van der Waals surface area contributed by atoms with E-state index in [0.717, 1.165) is 31.4 Å². The van der Waals surface area contributed by atoms with Crippen LogP contribution in [0.2, 0.25) is 0 Å². The highest BCUT2D eigenvalue weighted by Crippen LogP contribution is 2.42. The molecule has 1 heterocycles. The fourth-order valence-electron chi connectivity index (χ4n) is 3.25. The summed E-state index contributed by atoms with van der Waals surface area (Å²) in [7, 11) is 1.91. The average molecular weight is 422 g/mol. The van der Waals surface area contributed by atoms with E-state index in [9.17, 15) is 10.1 Å². The Hall–Kier alpha value is -3.03. The number of thioether (sulfide) groups is 1. The van der Waals surface area contributed by atoms with Crippen LogP contribution in [0.5, 0.6) is 0 Å². The number of aromatic nitrogens is 1. The van der Waals surface area contributed by atoms with E-state index in [1.165, 1.54) is 11.8 Å². The highest BCUT2D eigenvalue weighted by atomic mass is 32.2. The molecule has 7 heteroatoms. The van der Waals surface area contributed by atoms with Crippen LogP contribution < -0.4 is 10.6 Å². The molecule has 0 aliphatic rings. The maximum absolute atomic E-state index is 12.2. The number of amides is 1. The highest BCUT2D eigenvalue weighted by molar-refractivity contribution is 8.00. The minimum atomic E-state index is -0.674. The molecule has 0 fully saturated rings. The topological polar surface area (TPSA) is 87.4 Å². The largest absolute Gasteiger partial charge is 0.368 e. The lowest BCUT2D eigenvalue weighted by atomic mass is 10.1. The monoisotopic (exact) mass is 421 g/mol. The Bertz CT molecular complexity index is 962. The standard InChI is InChI=1S/C23H27N5OS/c1-5-7-11-14-28(4)22-19(26-3)17(6-2)18(15-24)23(27-22)30-20(21(25)29)16-12-9-8-10-13-16/h8-10,12-13,20H,5-7,11,14H2,1-2,4H3,(H2,25,29). The van der Waals surface area contributed by atoms with Gasteiger partial charge in [0, 0.05) is 13.6 Å². The van der Waals surface area contributed by atoms with Crippen molar-refractivity contribution in [3.05, 3.63) is 58.4 Å². The zero-order chi connectivity index (χ0) is 22.1. The summed E-state index contributed by atoms with van der Waals surface area (Å²) < 4.78 is 0. The van der Waals surface area contributed by atoms with Gasteiger partial charge in [-0.05, 0) is 24.0 Å². The number of rotatable bonds is 10. The van der Waals surface area contributed by atoms with Crippen molar-refractivity contribution in [2.75, 3.05) is 18.5 Å². The van der Waals surface area contributed by atoms with E-state index in [-0.39, 0.29) is 0 Å². The molecule has 0 aliphatic heterocycles. The summed E-state index contributed by atoms with van der Waals surface area (Å²) in [5.74, 6) is 0.0535. The van der Waals surface area contributed by atoms with Gasteiger partial charge in [-0.1, -0.05) is 68.8 Å². The van der Waals surface area contributed by atoms with Gasteiger partial charge in [0.05, 0.1) is 12.1 Å². The molecule has 2 N–H and O–H groups in total. The Balaban J connectivity index is 2.57. The van der Waals surface area contributed by atoms with Gasteiger partial charge < -0.3 is 10.6 Å². The zero-order valence-corrected chi connectivity index (χ0v) is 18.5. The molecule has 1 amide bonds. The Morgan fingerprint density at radius 1 is 1.33 bits per heavy atom. The molecule has 2 rings (SSSR count). The van der Waals surface area contributed by atoms with Crippen LogP contribution >= 0.6 is 11.8 Å². The molecule has 156 valence electrons. The number of nitrogens with zero attached hydrogens (tertiary/aromatic N) is 4. The molecule has 1 aromatic carbocycles. The Kier molecular flexibility index (Phi) is 8.70. The summed E-state index contributed by atoms with van der Waals surface area (Å²) >= 11 is 1.17. The van der Waals surface area contributed by atoms with Crippen molar-refractivity contribution in [1.29, 1.82) is 5.26 Å². The van der Waals surface area contributed by atoms with E-state index in [4.69, 9.17) is 17.3 Å². The maximum Gasteiger partial charge on any atom is 0.235 e. The van der Waals surface area contributed by atoms with Crippen molar-refractivity contribution in [2.45, 2.75) is 49.8 Å². The zero-order valence-electron chi connectivity index (χ0n) is 17.7. The first-order valence-electron chi connectivity index (χ1n) is 10.0. The van der Waals surface area contributed by atoms with Gasteiger partial charge in [-0.3, -0.25) is 4.79 Å². The van der Waals surface area contributed by atoms with Crippen molar-refractivity contribution >= 4 is 29.2 Å². The molecule has 0 saturated heterocycles. The summed E-state index contributed by atoms with van der Waals surface area (Å²) in [6.45, 7) is 12.5. The molecule has 0 spiro atoms. The van der Waals surface area contributed by atoms with Gasteiger partial charge >= 0.3 is 0 Å². The number of nitriles is 1. The molecule has 1 atom stereocenters. The highest BCUT2D eigenvalue weighted by Gasteiger charge is 2.26. The van der Waals surface area contributed by atoms with E-state index in [0.29, 0.717) is 34.1 Å². The van der Waals surface area contributed by atoms with E-state index in [2.05, 4.69) is 17.8 Å². The fourth-order valence-corrected chi connectivity index (χ4v) is 4.31. The van der Waals surface area contributed by atoms with Crippen molar-refractivity contribution in [3.63, 3.8) is 0 Å².